The lowest BCUT2D eigenvalue weighted by Gasteiger charge is -2.35. The van der Waals surface area contributed by atoms with Gasteiger partial charge in [-0.25, -0.2) is 0 Å². The van der Waals surface area contributed by atoms with E-state index in [0.717, 1.165) is 44.2 Å². The van der Waals surface area contributed by atoms with Gasteiger partial charge in [0.15, 0.2) is 0 Å². The smallest absolute Gasteiger partial charge is 0.226 e. The van der Waals surface area contributed by atoms with Gasteiger partial charge in [0.05, 0.1) is 6.10 Å². The Bertz CT molecular complexity index is 597. The van der Waals surface area contributed by atoms with Crippen molar-refractivity contribution in [2.75, 3.05) is 6.54 Å². The molecule has 1 aromatic carbocycles. The lowest BCUT2D eigenvalue weighted by Crippen LogP contribution is -2.41. The third kappa shape index (κ3) is 3.89. The first-order chi connectivity index (χ1) is 11.5. The number of benzene rings is 1. The van der Waals surface area contributed by atoms with E-state index < -0.39 is 0 Å². The van der Waals surface area contributed by atoms with Crippen molar-refractivity contribution in [2.45, 2.75) is 57.6 Å². The van der Waals surface area contributed by atoms with Crippen molar-refractivity contribution in [2.24, 2.45) is 11.8 Å². The van der Waals surface area contributed by atoms with Crippen LogP contribution in [0.3, 0.4) is 0 Å². The van der Waals surface area contributed by atoms with Crippen LogP contribution in [0, 0.1) is 11.8 Å². The molecule has 1 aliphatic carbocycles. The van der Waals surface area contributed by atoms with Gasteiger partial charge in [0, 0.05) is 28.5 Å². The maximum absolute atomic E-state index is 12.8. The van der Waals surface area contributed by atoms with E-state index in [4.69, 9.17) is 23.2 Å². The summed E-state index contributed by atoms with van der Waals surface area (Å²) >= 11 is 12.2. The molecule has 1 aromatic rings. The summed E-state index contributed by atoms with van der Waals surface area (Å²) in [6, 6.07) is 5.84. The number of rotatable bonds is 4. The fraction of sp³-hybridized carbons (Fsp3) is 0.632. The molecule has 3 rings (SSSR count). The summed E-state index contributed by atoms with van der Waals surface area (Å²) in [6.45, 7) is 2.72. The largest absolute Gasteiger partial charge is 0.393 e. The third-order valence-corrected chi connectivity index (χ3v) is 6.28. The zero-order valence-corrected chi connectivity index (χ0v) is 15.6. The number of aliphatic hydroxyl groups is 1. The van der Waals surface area contributed by atoms with Gasteiger partial charge in [-0.3, -0.25) is 4.79 Å². The average Bonchev–Trinajstić information content (AvgIpc) is 2.91. The van der Waals surface area contributed by atoms with Gasteiger partial charge in [-0.15, -0.1) is 0 Å². The molecule has 132 valence electrons. The van der Waals surface area contributed by atoms with Gasteiger partial charge in [-0.1, -0.05) is 29.3 Å². The Hall–Kier alpha value is -0.770. The molecule has 3 nitrogen and oxygen atoms in total. The van der Waals surface area contributed by atoms with E-state index in [1.165, 1.54) is 0 Å². The highest BCUT2D eigenvalue weighted by Gasteiger charge is 2.37. The Morgan fingerprint density at radius 1 is 1.21 bits per heavy atom. The van der Waals surface area contributed by atoms with E-state index in [9.17, 15) is 9.90 Å². The number of hydrogen-bond donors (Lipinski definition) is 1. The molecule has 24 heavy (non-hydrogen) atoms. The van der Waals surface area contributed by atoms with E-state index in [-0.39, 0.29) is 17.9 Å². The van der Waals surface area contributed by atoms with Crippen molar-refractivity contribution >= 4 is 29.1 Å². The van der Waals surface area contributed by atoms with E-state index >= 15 is 0 Å². The molecule has 2 atom stereocenters. The lowest BCUT2D eigenvalue weighted by molar-refractivity contribution is -0.133. The van der Waals surface area contributed by atoms with Gasteiger partial charge in [-0.05, 0) is 69.1 Å². The van der Waals surface area contributed by atoms with Gasteiger partial charge in [0.25, 0.3) is 0 Å². The van der Waals surface area contributed by atoms with Crippen LogP contribution in [0.1, 0.15) is 44.6 Å². The summed E-state index contributed by atoms with van der Waals surface area (Å²) in [4.78, 5) is 14.9. The molecular weight excluding hydrogens is 345 g/mol. The molecule has 0 spiro atoms. The van der Waals surface area contributed by atoms with Crippen LogP contribution in [0.5, 0.6) is 0 Å². The van der Waals surface area contributed by atoms with Crippen LogP contribution < -0.4 is 0 Å². The second kappa shape index (κ2) is 7.63. The molecule has 2 unspecified atom stereocenters. The molecular formula is C19H25Cl2NO2. The average molecular weight is 370 g/mol. The molecule has 1 aliphatic heterocycles. The van der Waals surface area contributed by atoms with Crippen LogP contribution in [0.2, 0.25) is 10.0 Å². The number of carbonyl (C=O) groups is 1. The van der Waals surface area contributed by atoms with Crippen molar-refractivity contribution in [3.05, 3.63) is 33.8 Å². The second-order valence-electron chi connectivity index (χ2n) is 7.27. The first-order valence-corrected chi connectivity index (χ1v) is 9.63. The number of halogens is 2. The number of aliphatic hydroxyl groups excluding tert-OH is 1. The van der Waals surface area contributed by atoms with E-state index in [0.29, 0.717) is 28.4 Å². The summed E-state index contributed by atoms with van der Waals surface area (Å²) in [5.74, 6) is 0.683. The summed E-state index contributed by atoms with van der Waals surface area (Å²) in [5, 5.41) is 11.0. The van der Waals surface area contributed by atoms with Crippen molar-refractivity contribution < 1.29 is 9.90 Å². The van der Waals surface area contributed by atoms with Gasteiger partial charge in [0.1, 0.15) is 0 Å². The summed E-state index contributed by atoms with van der Waals surface area (Å²) in [7, 11) is 0. The molecule has 0 radical (unpaired) electrons. The van der Waals surface area contributed by atoms with Crippen molar-refractivity contribution in [1.82, 2.24) is 4.90 Å². The molecule has 1 amide bonds. The van der Waals surface area contributed by atoms with Gasteiger partial charge < -0.3 is 10.0 Å². The molecule has 1 N–H and O–H groups in total. The van der Waals surface area contributed by atoms with Crippen LogP contribution in [0.25, 0.3) is 0 Å². The molecule has 0 bridgehead atoms. The Kier molecular flexibility index (Phi) is 5.74. The zero-order valence-electron chi connectivity index (χ0n) is 14.0. The quantitative estimate of drug-likeness (QED) is 0.857. The molecule has 2 fully saturated rings. The molecule has 1 saturated carbocycles. The minimum absolute atomic E-state index is 0.0261. The summed E-state index contributed by atoms with van der Waals surface area (Å²) in [5.41, 5.74) is 0.999. The van der Waals surface area contributed by atoms with E-state index in [2.05, 4.69) is 4.90 Å². The van der Waals surface area contributed by atoms with Gasteiger partial charge in [-0.2, -0.15) is 0 Å². The third-order valence-electron chi connectivity index (χ3n) is 5.70. The topological polar surface area (TPSA) is 40.5 Å². The summed E-state index contributed by atoms with van der Waals surface area (Å²) < 4.78 is 0. The fourth-order valence-electron chi connectivity index (χ4n) is 4.16. The molecule has 1 heterocycles. The maximum atomic E-state index is 12.8. The SMILES string of the molecule is CC(O)C1CCC(N2CCC(Cc3ccc(Cl)cc3Cl)C2=O)CC1. The highest BCUT2D eigenvalue weighted by Crippen LogP contribution is 2.34. The Morgan fingerprint density at radius 3 is 2.54 bits per heavy atom. The number of nitrogens with zero attached hydrogens (tertiary/aromatic N) is 1. The van der Waals surface area contributed by atoms with E-state index in [1.807, 2.05) is 19.1 Å². The normalized spacial score (nSPS) is 29.1. The molecule has 0 aromatic heterocycles. The fourth-order valence-corrected chi connectivity index (χ4v) is 4.65. The molecule has 5 heteroatoms. The van der Waals surface area contributed by atoms with Crippen LogP contribution >= 0.6 is 23.2 Å². The first-order valence-electron chi connectivity index (χ1n) is 8.88. The summed E-state index contributed by atoms with van der Waals surface area (Å²) in [6.07, 6.45) is 5.40. The number of hydrogen-bond acceptors (Lipinski definition) is 2. The van der Waals surface area contributed by atoms with Gasteiger partial charge >= 0.3 is 0 Å². The van der Waals surface area contributed by atoms with Crippen LogP contribution in [0.15, 0.2) is 18.2 Å². The van der Waals surface area contributed by atoms with Gasteiger partial charge in [0.2, 0.25) is 5.91 Å². The second-order valence-corrected chi connectivity index (χ2v) is 8.11. The number of amides is 1. The highest BCUT2D eigenvalue weighted by molar-refractivity contribution is 6.35. The predicted octanol–water partition coefficient (Wildman–Crippen LogP) is 4.32. The van der Waals surface area contributed by atoms with Crippen molar-refractivity contribution in [1.29, 1.82) is 0 Å². The zero-order chi connectivity index (χ0) is 17.3. The van der Waals surface area contributed by atoms with Crippen LogP contribution in [-0.2, 0) is 11.2 Å². The standard InChI is InChI=1S/C19H25Cl2NO2/c1-12(23)13-3-6-17(7-4-13)22-9-8-15(19(22)24)10-14-2-5-16(20)11-18(14)21/h2,5,11-13,15,17,23H,3-4,6-10H2,1H3. The monoisotopic (exact) mass is 369 g/mol. The minimum atomic E-state index is -0.236. The minimum Gasteiger partial charge on any atom is -0.393 e. The van der Waals surface area contributed by atoms with Crippen molar-refractivity contribution in [3.8, 4) is 0 Å². The Balaban J connectivity index is 1.59. The van der Waals surface area contributed by atoms with Crippen LogP contribution in [0.4, 0.5) is 0 Å². The molecule has 1 saturated heterocycles. The highest BCUT2D eigenvalue weighted by atomic mass is 35.5. The van der Waals surface area contributed by atoms with Crippen molar-refractivity contribution in [3.63, 3.8) is 0 Å². The first kappa shape index (κ1) is 18.0. The lowest BCUT2D eigenvalue weighted by atomic mass is 9.82. The van der Waals surface area contributed by atoms with Crippen LogP contribution in [-0.4, -0.2) is 34.6 Å². The maximum Gasteiger partial charge on any atom is 0.226 e. The van der Waals surface area contributed by atoms with E-state index in [1.54, 1.807) is 6.07 Å². The Labute approximate surface area is 153 Å². The predicted molar refractivity (Wildman–Crippen MR) is 97.4 cm³/mol. The number of carbonyl (C=O) groups excluding carboxylic acids is 1. The number of likely N-dealkylation sites (tertiary alicyclic amines) is 1. The Morgan fingerprint density at radius 2 is 1.92 bits per heavy atom. The molecule has 2 aliphatic rings.